The zero-order chi connectivity index (χ0) is 13.0. The molecular formula is C16H16O2. The quantitative estimate of drug-likeness (QED) is 0.741. The Balaban J connectivity index is 2.22. The van der Waals surface area contributed by atoms with Crippen LogP contribution >= 0.6 is 0 Å². The topological polar surface area (TPSA) is 26.3 Å². The highest BCUT2D eigenvalue weighted by molar-refractivity contribution is 5.96. The minimum atomic E-state index is 0.129. The monoisotopic (exact) mass is 240 g/mol. The Hall–Kier alpha value is -2.09. The summed E-state index contributed by atoms with van der Waals surface area (Å²) in [5.74, 6) is 1.61. The van der Waals surface area contributed by atoms with Gasteiger partial charge in [0.1, 0.15) is 11.5 Å². The Kier molecular flexibility index (Phi) is 3.78. The Bertz CT molecular complexity index is 559. The number of carbonyl (C=O) groups is 1. The molecule has 2 nitrogen and oxygen atoms in total. The van der Waals surface area contributed by atoms with Crippen molar-refractivity contribution in [2.45, 2.75) is 20.3 Å². The molecule has 0 saturated carbocycles. The molecule has 0 aromatic heterocycles. The summed E-state index contributed by atoms with van der Waals surface area (Å²) >= 11 is 0. The maximum Gasteiger partial charge on any atom is 0.162 e. The summed E-state index contributed by atoms with van der Waals surface area (Å²) in [4.78, 5) is 11.6. The molecule has 0 aliphatic heterocycles. The molecule has 0 bridgehead atoms. The van der Waals surface area contributed by atoms with E-state index in [2.05, 4.69) is 0 Å². The Morgan fingerprint density at radius 3 is 2.39 bits per heavy atom. The highest BCUT2D eigenvalue weighted by Gasteiger charge is 2.04. The SMILES string of the molecule is CCC(=O)c1cccc(Oc2cccc(C)c2)c1. The third-order valence-corrected chi connectivity index (χ3v) is 2.70. The van der Waals surface area contributed by atoms with Crippen LogP contribution in [0.15, 0.2) is 48.5 Å². The summed E-state index contributed by atoms with van der Waals surface area (Å²) < 4.78 is 5.74. The average molecular weight is 240 g/mol. The molecule has 0 aliphatic carbocycles. The molecule has 0 fully saturated rings. The van der Waals surface area contributed by atoms with E-state index in [1.807, 2.05) is 56.3 Å². The fraction of sp³-hybridized carbons (Fsp3) is 0.188. The largest absolute Gasteiger partial charge is 0.457 e. The molecule has 92 valence electrons. The van der Waals surface area contributed by atoms with E-state index in [1.54, 1.807) is 6.07 Å². The van der Waals surface area contributed by atoms with Crippen molar-refractivity contribution in [1.82, 2.24) is 0 Å². The third kappa shape index (κ3) is 2.98. The summed E-state index contributed by atoms with van der Waals surface area (Å²) in [6, 6.07) is 15.1. The van der Waals surface area contributed by atoms with Crippen molar-refractivity contribution in [1.29, 1.82) is 0 Å². The molecule has 2 rings (SSSR count). The van der Waals surface area contributed by atoms with E-state index in [9.17, 15) is 4.79 Å². The molecule has 0 aliphatic rings. The molecule has 18 heavy (non-hydrogen) atoms. The molecule has 2 aromatic carbocycles. The van der Waals surface area contributed by atoms with Crippen LogP contribution in [0.5, 0.6) is 11.5 Å². The number of benzene rings is 2. The van der Waals surface area contributed by atoms with Crippen LogP contribution in [0.4, 0.5) is 0 Å². The molecule has 0 N–H and O–H groups in total. The Morgan fingerprint density at radius 2 is 1.72 bits per heavy atom. The second kappa shape index (κ2) is 5.50. The number of ether oxygens (including phenoxy) is 1. The van der Waals surface area contributed by atoms with Crippen molar-refractivity contribution < 1.29 is 9.53 Å². The summed E-state index contributed by atoms with van der Waals surface area (Å²) in [6.07, 6.45) is 0.508. The first-order chi connectivity index (χ1) is 8.69. The number of Topliss-reactive ketones (excluding diaryl/α,β-unsaturated/α-hetero) is 1. The lowest BCUT2D eigenvalue weighted by atomic mass is 10.1. The predicted molar refractivity (Wildman–Crippen MR) is 72.3 cm³/mol. The number of rotatable bonds is 4. The van der Waals surface area contributed by atoms with Crippen LogP contribution < -0.4 is 4.74 Å². The maximum absolute atomic E-state index is 11.6. The van der Waals surface area contributed by atoms with E-state index in [0.29, 0.717) is 17.7 Å². The van der Waals surface area contributed by atoms with Gasteiger partial charge in [0.2, 0.25) is 0 Å². The summed E-state index contributed by atoms with van der Waals surface area (Å²) in [7, 11) is 0. The Labute approximate surface area is 107 Å². The number of ketones is 1. The smallest absolute Gasteiger partial charge is 0.162 e. The maximum atomic E-state index is 11.6. The number of hydrogen-bond donors (Lipinski definition) is 0. The number of aryl methyl sites for hydroxylation is 1. The van der Waals surface area contributed by atoms with Crippen molar-refractivity contribution in [2.75, 3.05) is 0 Å². The van der Waals surface area contributed by atoms with Crippen molar-refractivity contribution in [3.63, 3.8) is 0 Å². The van der Waals surface area contributed by atoms with Crippen LogP contribution in [0, 0.1) is 6.92 Å². The molecule has 0 spiro atoms. The van der Waals surface area contributed by atoms with Crippen molar-refractivity contribution in [3.05, 3.63) is 59.7 Å². The third-order valence-electron chi connectivity index (χ3n) is 2.70. The first kappa shape index (κ1) is 12.4. The second-order valence-electron chi connectivity index (χ2n) is 4.22. The lowest BCUT2D eigenvalue weighted by Gasteiger charge is -2.07. The zero-order valence-corrected chi connectivity index (χ0v) is 10.6. The van der Waals surface area contributed by atoms with Crippen LogP contribution in [-0.2, 0) is 0 Å². The van der Waals surface area contributed by atoms with E-state index < -0.39 is 0 Å². The number of carbonyl (C=O) groups excluding carboxylic acids is 1. The minimum Gasteiger partial charge on any atom is -0.457 e. The standard InChI is InChI=1S/C16H16O2/c1-3-16(17)13-7-5-9-15(11-13)18-14-8-4-6-12(2)10-14/h4-11H,3H2,1-2H3. The van der Waals surface area contributed by atoms with E-state index in [1.165, 1.54) is 0 Å². The summed E-state index contributed by atoms with van der Waals surface area (Å²) in [5, 5.41) is 0. The van der Waals surface area contributed by atoms with Crippen molar-refractivity contribution >= 4 is 5.78 Å². The van der Waals surface area contributed by atoms with Gasteiger partial charge in [-0.3, -0.25) is 4.79 Å². The summed E-state index contributed by atoms with van der Waals surface area (Å²) in [5.41, 5.74) is 1.84. The van der Waals surface area contributed by atoms with Gasteiger partial charge in [-0.25, -0.2) is 0 Å². The van der Waals surface area contributed by atoms with Crippen LogP contribution in [-0.4, -0.2) is 5.78 Å². The van der Waals surface area contributed by atoms with Crippen LogP contribution in [0.25, 0.3) is 0 Å². The zero-order valence-electron chi connectivity index (χ0n) is 10.6. The molecular weight excluding hydrogens is 224 g/mol. The van der Waals surface area contributed by atoms with Crippen LogP contribution in [0.2, 0.25) is 0 Å². The van der Waals surface area contributed by atoms with E-state index in [-0.39, 0.29) is 5.78 Å². The van der Waals surface area contributed by atoms with Gasteiger partial charge in [0.15, 0.2) is 5.78 Å². The van der Waals surface area contributed by atoms with Crippen molar-refractivity contribution in [3.8, 4) is 11.5 Å². The van der Waals surface area contributed by atoms with Crippen molar-refractivity contribution in [2.24, 2.45) is 0 Å². The molecule has 0 atom stereocenters. The predicted octanol–water partition coefficient (Wildman–Crippen LogP) is 4.38. The normalized spacial score (nSPS) is 10.1. The first-order valence-corrected chi connectivity index (χ1v) is 6.07. The van der Waals surface area contributed by atoms with Gasteiger partial charge in [-0.15, -0.1) is 0 Å². The van der Waals surface area contributed by atoms with Crippen LogP contribution in [0.3, 0.4) is 0 Å². The molecule has 0 unspecified atom stereocenters. The molecule has 2 heteroatoms. The number of hydrogen-bond acceptors (Lipinski definition) is 2. The molecule has 0 saturated heterocycles. The van der Waals surface area contributed by atoms with E-state index in [0.717, 1.165) is 11.3 Å². The summed E-state index contributed by atoms with van der Waals surface area (Å²) in [6.45, 7) is 3.88. The average Bonchev–Trinajstić information content (AvgIpc) is 2.38. The molecule has 0 radical (unpaired) electrons. The van der Waals surface area contributed by atoms with Gasteiger partial charge in [0.25, 0.3) is 0 Å². The van der Waals surface area contributed by atoms with Crippen LogP contribution in [0.1, 0.15) is 29.3 Å². The van der Waals surface area contributed by atoms with E-state index in [4.69, 9.17) is 4.74 Å². The van der Waals surface area contributed by atoms with Gasteiger partial charge >= 0.3 is 0 Å². The highest BCUT2D eigenvalue weighted by Crippen LogP contribution is 2.23. The minimum absolute atomic E-state index is 0.129. The van der Waals surface area contributed by atoms with Gasteiger partial charge in [-0.1, -0.05) is 31.2 Å². The fourth-order valence-electron chi connectivity index (χ4n) is 1.75. The molecule has 0 heterocycles. The fourth-order valence-corrected chi connectivity index (χ4v) is 1.75. The molecule has 0 amide bonds. The van der Waals surface area contributed by atoms with Gasteiger partial charge < -0.3 is 4.74 Å². The lowest BCUT2D eigenvalue weighted by Crippen LogP contribution is -1.96. The lowest BCUT2D eigenvalue weighted by molar-refractivity contribution is 0.0988. The van der Waals surface area contributed by atoms with Gasteiger partial charge in [-0.05, 0) is 36.8 Å². The van der Waals surface area contributed by atoms with Gasteiger partial charge in [0.05, 0.1) is 0 Å². The Morgan fingerprint density at radius 1 is 1.06 bits per heavy atom. The first-order valence-electron chi connectivity index (χ1n) is 6.07. The second-order valence-corrected chi connectivity index (χ2v) is 4.22. The highest BCUT2D eigenvalue weighted by atomic mass is 16.5. The molecule has 2 aromatic rings. The van der Waals surface area contributed by atoms with Gasteiger partial charge in [-0.2, -0.15) is 0 Å². The van der Waals surface area contributed by atoms with E-state index >= 15 is 0 Å². The van der Waals surface area contributed by atoms with Gasteiger partial charge in [0, 0.05) is 12.0 Å².